The first kappa shape index (κ1) is 10.9. The van der Waals surface area contributed by atoms with Gasteiger partial charge in [-0.05, 0) is 18.6 Å². The monoisotopic (exact) mass is 226 g/mol. The molecule has 0 aliphatic heterocycles. The third-order valence-corrected chi connectivity index (χ3v) is 2.27. The van der Waals surface area contributed by atoms with Gasteiger partial charge in [0.05, 0.1) is 0 Å². The summed E-state index contributed by atoms with van der Waals surface area (Å²) >= 11 is 0. The van der Waals surface area contributed by atoms with E-state index in [9.17, 15) is 4.79 Å². The largest absolute Gasteiger partial charge is 0.347 e. The second-order valence-electron chi connectivity index (χ2n) is 3.54. The molecule has 0 bridgehead atoms. The Morgan fingerprint density at radius 3 is 2.88 bits per heavy atom. The number of aryl methyl sites for hydroxylation is 1. The number of nitrogens with one attached hydrogen (secondary N) is 2. The number of hydrogen-bond acceptors (Lipinski definition) is 4. The Kier molecular flexibility index (Phi) is 2.88. The summed E-state index contributed by atoms with van der Waals surface area (Å²) in [5.74, 6) is 0.361. The van der Waals surface area contributed by atoms with Gasteiger partial charge in [0, 0.05) is 11.8 Å². The second kappa shape index (κ2) is 4.49. The van der Waals surface area contributed by atoms with Crippen molar-refractivity contribution in [1.82, 2.24) is 9.97 Å². The van der Waals surface area contributed by atoms with Crippen molar-refractivity contribution in [3.63, 3.8) is 0 Å². The molecule has 5 heteroatoms. The summed E-state index contributed by atoms with van der Waals surface area (Å²) in [6.07, 6.45) is 0. The van der Waals surface area contributed by atoms with Crippen LogP contribution in [0.1, 0.15) is 11.3 Å². The van der Waals surface area contributed by atoms with Crippen LogP contribution in [0.5, 0.6) is 0 Å². The van der Waals surface area contributed by atoms with Gasteiger partial charge >= 0.3 is 5.69 Å². The van der Waals surface area contributed by atoms with E-state index in [0.717, 1.165) is 11.3 Å². The van der Waals surface area contributed by atoms with Crippen LogP contribution < -0.4 is 11.0 Å². The lowest BCUT2D eigenvalue weighted by molar-refractivity contribution is 1.06. The Labute approximate surface area is 97.8 Å². The number of H-pyrrole nitrogens is 1. The topological polar surface area (TPSA) is 81.6 Å². The summed E-state index contributed by atoms with van der Waals surface area (Å²) in [4.78, 5) is 17.3. The highest BCUT2D eigenvalue weighted by atomic mass is 16.1. The van der Waals surface area contributed by atoms with E-state index in [1.165, 1.54) is 6.07 Å². The Morgan fingerprint density at radius 2 is 2.18 bits per heavy atom. The molecule has 1 heterocycles. The van der Waals surface area contributed by atoms with Crippen molar-refractivity contribution in [1.29, 1.82) is 5.26 Å². The fourth-order valence-electron chi connectivity index (χ4n) is 1.43. The van der Waals surface area contributed by atoms with Crippen LogP contribution in [0.3, 0.4) is 0 Å². The lowest BCUT2D eigenvalue weighted by Crippen LogP contribution is -2.13. The van der Waals surface area contributed by atoms with Crippen molar-refractivity contribution in [3.8, 4) is 6.07 Å². The average molecular weight is 226 g/mol. The standard InChI is InChI=1S/C12H10N4O/c1-8-4-2-3-5-10(8)15-11-6-9(7-13)14-12(17)16-11/h2-6H,1H3,(H2,14,15,16,17). The molecule has 0 radical (unpaired) electrons. The Hall–Kier alpha value is -2.61. The number of anilines is 2. The molecule has 5 nitrogen and oxygen atoms in total. The molecule has 84 valence electrons. The molecule has 0 saturated heterocycles. The van der Waals surface area contributed by atoms with Gasteiger partial charge < -0.3 is 5.32 Å². The fourth-order valence-corrected chi connectivity index (χ4v) is 1.43. The molecule has 0 spiro atoms. The van der Waals surface area contributed by atoms with E-state index >= 15 is 0 Å². The maximum atomic E-state index is 11.2. The van der Waals surface area contributed by atoms with E-state index in [1.807, 2.05) is 37.3 Å². The van der Waals surface area contributed by atoms with E-state index in [-0.39, 0.29) is 5.69 Å². The van der Waals surface area contributed by atoms with Crippen LogP contribution in [0, 0.1) is 18.3 Å². The molecular formula is C12H10N4O. The first-order chi connectivity index (χ1) is 8.19. The molecule has 0 unspecified atom stereocenters. The molecule has 2 rings (SSSR count). The minimum Gasteiger partial charge on any atom is -0.340 e. The summed E-state index contributed by atoms with van der Waals surface area (Å²) < 4.78 is 0. The van der Waals surface area contributed by atoms with Crippen LogP contribution in [0.2, 0.25) is 0 Å². The van der Waals surface area contributed by atoms with Gasteiger partial charge in [-0.1, -0.05) is 18.2 Å². The number of para-hydroxylation sites is 1. The molecule has 2 aromatic rings. The van der Waals surface area contributed by atoms with Crippen LogP contribution in [0.15, 0.2) is 35.1 Å². The maximum absolute atomic E-state index is 11.2. The minimum absolute atomic E-state index is 0.182. The van der Waals surface area contributed by atoms with Gasteiger partial charge in [-0.2, -0.15) is 10.2 Å². The smallest absolute Gasteiger partial charge is 0.340 e. The zero-order valence-electron chi connectivity index (χ0n) is 9.19. The molecule has 1 aromatic carbocycles. The molecule has 0 aliphatic carbocycles. The zero-order valence-corrected chi connectivity index (χ0v) is 9.19. The molecule has 0 fully saturated rings. The summed E-state index contributed by atoms with van der Waals surface area (Å²) in [5.41, 5.74) is 1.53. The van der Waals surface area contributed by atoms with E-state index in [1.54, 1.807) is 0 Å². The number of hydrogen-bond donors (Lipinski definition) is 2. The predicted molar refractivity (Wildman–Crippen MR) is 64.0 cm³/mol. The Balaban J connectivity index is 2.37. The normalized spacial score (nSPS) is 9.65. The highest BCUT2D eigenvalue weighted by Gasteiger charge is 2.02. The third-order valence-electron chi connectivity index (χ3n) is 2.27. The van der Waals surface area contributed by atoms with E-state index < -0.39 is 5.69 Å². The van der Waals surface area contributed by atoms with E-state index in [4.69, 9.17) is 5.26 Å². The summed E-state index contributed by atoms with van der Waals surface area (Å²) in [7, 11) is 0. The van der Waals surface area contributed by atoms with Gasteiger partial charge in [0.1, 0.15) is 17.6 Å². The van der Waals surface area contributed by atoms with Crippen LogP contribution >= 0.6 is 0 Å². The van der Waals surface area contributed by atoms with Crippen molar-refractivity contribution >= 4 is 11.5 Å². The van der Waals surface area contributed by atoms with Gasteiger partial charge in [-0.15, -0.1) is 0 Å². The summed E-state index contributed by atoms with van der Waals surface area (Å²) in [6.45, 7) is 1.95. The van der Waals surface area contributed by atoms with E-state index in [0.29, 0.717) is 5.82 Å². The van der Waals surface area contributed by atoms with Crippen LogP contribution in [0.25, 0.3) is 0 Å². The van der Waals surface area contributed by atoms with Gasteiger partial charge in [0.25, 0.3) is 0 Å². The van der Waals surface area contributed by atoms with Crippen molar-refractivity contribution in [2.75, 3.05) is 5.32 Å². The van der Waals surface area contributed by atoms with Crippen LogP contribution in [-0.2, 0) is 0 Å². The number of aromatic amines is 1. The molecule has 0 amide bonds. The molecule has 0 atom stereocenters. The average Bonchev–Trinajstić information content (AvgIpc) is 2.31. The highest BCUT2D eigenvalue weighted by Crippen LogP contribution is 2.17. The van der Waals surface area contributed by atoms with E-state index in [2.05, 4.69) is 15.3 Å². The maximum Gasteiger partial charge on any atom is 0.347 e. The first-order valence-electron chi connectivity index (χ1n) is 5.03. The lowest BCUT2D eigenvalue weighted by atomic mass is 10.2. The molecule has 0 saturated carbocycles. The van der Waals surface area contributed by atoms with Crippen molar-refractivity contribution in [2.24, 2.45) is 0 Å². The predicted octanol–water partition coefficient (Wildman–Crippen LogP) is 1.69. The molecule has 1 aromatic heterocycles. The Morgan fingerprint density at radius 1 is 1.41 bits per heavy atom. The fraction of sp³-hybridized carbons (Fsp3) is 0.0833. The van der Waals surface area contributed by atoms with Crippen molar-refractivity contribution < 1.29 is 0 Å². The third kappa shape index (κ3) is 2.49. The molecular weight excluding hydrogens is 216 g/mol. The number of aromatic nitrogens is 2. The number of nitrogens with zero attached hydrogens (tertiary/aromatic N) is 2. The molecule has 17 heavy (non-hydrogen) atoms. The van der Waals surface area contributed by atoms with Gasteiger partial charge in [-0.25, -0.2) is 4.79 Å². The van der Waals surface area contributed by atoms with Gasteiger partial charge in [-0.3, -0.25) is 4.98 Å². The van der Waals surface area contributed by atoms with Gasteiger partial charge in [0.15, 0.2) is 0 Å². The number of benzene rings is 1. The second-order valence-corrected chi connectivity index (χ2v) is 3.54. The Bertz CT molecular complexity index is 639. The quantitative estimate of drug-likeness (QED) is 0.816. The van der Waals surface area contributed by atoms with Crippen molar-refractivity contribution in [2.45, 2.75) is 6.92 Å². The number of nitriles is 1. The van der Waals surface area contributed by atoms with Gasteiger partial charge in [0.2, 0.25) is 0 Å². The first-order valence-corrected chi connectivity index (χ1v) is 5.03. The van der Waals surface area contributed by atoms with Crippen LogP contribution in [-0.4, -0.2) is 9.97 Å². The lowest BCUT2D eigenvalue weighted by Gasteiger charge is -2.07. The zero-order chi connectivity index (χ0) is 12.3. The molecule has 2 N–H and O–H groups in total. The van der Waals surface area contributed by atoms with Crippen molar-refractivity contribution in [3.05, 3.63) is 52.1 Å². The number of rotatable bonds is 2. The summed E-state index contributed by atoms with van der Waals surface area (Å²) in [5, 5.41) is 11.7. The SMILES string of the molecule is Cc1ccccc1Nc1cc(C#N)[nH]c(=O)n1. The molecule has 0 aliphatic rings. The minimum atomic E-state index is -0.542. The highest BCUT2D eigenvalue weighted by molar-refractivity contribution is 5.60. The van der Waals surface area contributed by atoms with Crippen LogP contribution in [0.4, 0.5) is 11.5 Å². The summed E-state index contributed by atoms with van der Waals surface area (Å²) in [6, 6.07) is 11.0.